The van der Waals surface area contributed by atoms with E-state index < -0.39 is 0 Å². The molecule has 0 aliphatic carbocycles. The van der Waals surface area contributed by atoms with Crippen LogP contribution in [0.3, 0.4) is 0 Å². The molecule has 0 aliphatic heterocycles. The summed E-state index contributed by atoms with van der Waals surface area (Å²) in [5.41, 5.74) is 3.32. The van der Waals surface area contributed by atoms with Crippen molar-refractivity contribution in [1.82, 2.24) is 0 Å². The van der Waals surface area contributed by atoms with Crippen molar-refractivity contribution in [3.63, 3.8) is 0 Å². The molecule has 0 aliphatic rings. The van der Waals surface area contributed by atoms with Crippen LogP contribution in [0.4, 0.5) is 0 Å². The average Bonchev–Trinajstić information content (AvgIpc) is 2.66. The highest BCUT2D eigenvalue weighted by atomic mass is 79.9. The third-order valence-electron chi connectivity index (χ3n) is 3.65. The molecule has 25 heavy (non-hydrogen) atoms. The van der Waals surface area contributed by atoms with E-state index in [9.17, 15) is 0 Å². The molecule has 2 nitrogen and oxygen atoms in total. The number of hydrogen-bond acceptors (Lipinski definition) is 2. The van der Waals surface area contributed by atoms with Gasteiger partial charge in [-0.3, -0.25) is 0 Å². The summed E-state index contributed by atoms with van der Waals surface area (Å²) in [7, 11) is 0. The fraction of sp³-hybridized carbons (Fsp3) is 0.143. The van der Waals surface area contributed by atoms with E-state index in [1.165, 1.54) is 0 Å². The van der Waals surface area contributed by atoms with Crippen LogP contribution in [0.15, 0.2) is 78.9 Å². The van der Waals surface area contributed by atoms with Gasteiger partial charge >= 0.3 is 0 Å². The van der Waals surface area contributed by atoms with Crippen LogP contribution >= 0.6 is 31.9 Å². The van der Waals surface area contributed by atoms with Gasteiger partial charge in [-0.2, -0.15) is 0 Å². The van der Waals surface area contributed by atoms with Crippen LogP contribution in [0.1, 0.15) is 20.4 Å². The fourth-order valence-corrected chi connectivity index (χ4v) is 2.90. The molecule has 3 rings (SSSR count). The van der Waals surface area contributed by atoms with Gasteiger partial charge < -0.3 is 9.47 Å². The lowest BCUT2D eigenvalue weighted by molar-refractivity contribution is 0.289. The van der Waals surface area contributed by atoms with Crippen molar-refractivity contribution in [2.24, 2.45) is 0 Å². The van der Waals surface area contributed by atoms with Crippen LogP contribution in [-0.2, 0) is 13.2 Å². The Hall–Kier alpha value is -1.78. The molecule has 0 saturated carbocycles. The van der Waals surface area contributed by atoms with Gasteiger partial charge in [0.2, 0.25) is 0 Å². The zero-order valence-electron chi connectivity index (χ0n) is 13.6. The summed E-state index contributed by atoms with van der Waals surface area (Å²) in [6.45, 7) is 1.05. The van der Waals surface area contributed by atoms with Crippen LogP contribution in [0, 0.1) is 0 Å². The van der Waals surface area contributed by atoms with Gasteiger partial charge in [0.25, 0.3) is 0 Å². The molecule has 0 atom stereocenters. The second kappa shape index (κ2) is 9.07. The van der Waals surface area contributed by atoms with Crippen molar-refractivity contribution < 1.29 is 9.47 Å². The number of benzene rings is 3. The number of alkyl halides is 2. The SMILES string of the molecule is BrC(Br)c1cc(OCc2ccccc2)cc(OCc2ccccc2)c1. The number of hydrogen-bond donors (Lipinski definition) is 0. The van der Waals surface area contributed by atoms with Crippen molar-refractivity contribution >= 4 is 31.9 Å². The maximum Gasteiger partial charge on any atom is 0.123 e. The first-order valence-electron chi connectivity index (χ1n) is 7.97. The standard InChI is InChI=1S/C21H18Br2O2/c22-21(23)18-11-19(24-14-16-7-3-1-4-8-16)13-20(12-18)25-15-17-9-5-2-6-10-17/h1-13,21H,14-15H2. The Labute approximate surface area is 165 Å². The molecule has 128 valence electrons. The predicted molar refractivity (Wildman–Crippen MR) is 109 cm³/mol. The van der Waals surface area contributed by atoms with Gasteiger partial charge in [0, 0.05) is 6.07 Å². The Morgan fingerprint density at radius 2 is 1.08 bits per heavy atom. The minimum absolute atomic E-state index is 0.0411. The summed E-state index contributed by atoms with van der Waals surface area (Å²) >= 11 is 7.10. The first-order valence-corrected chi connectivity index (χ1v) is 9.80. The smallest absolute Gasteiger partial charge is 0.123 e. The minimum Gasteiger partial charge on any atom is -0.489 e. The predicted octanol–water partition coefficient (Wildman–Crippen LogP) is 6.63. The molecule has 0 unspecified atom stereocenters. The average molecular weight is 462 g/mol. The highest BCUT2D eigenvalue weighted by Gasteiger charge is 2.09. The molecule has 0 amide bonds. The summed E-state index contributed by atoms with van der Waals surface area (Å²) < 4.78 is 11.9. The molecule has 0 fully saturated rings. The van der Waals surface area contributed by atoms with Gasteiger partial charge in [-0.15, -0.1) is 0 Å². The Kier molecular flexibility index (Phi) is 6.54. The van der Waals surface area contributed by atoms with E-state index in [2.05, 4.69) is 56.1 Å². The molecule has 0 radical (unpaired) electrons. The maximum absolute atomic E-state index is 5.95. The summed E-state index contributed by atoms with van der Waals surface area (Å²) in [6.07, 6.45) is 0. The molecule has 0 spiro atoms. The topological polar surface area (TPSA) is 18.5 Å². The Morgan fingerprint density at radius 1 is 0.640 bits per heavy atom. The third-order valence-corrected chi connectivity index (χ3v) is 4.71. The monoisotopic (exact) mass is 460 g/mol. The van der Waals surface area contributed by atoms with Crippen molar-refractivity contribution in [3.05, 3.63) is 95.6 Å². The third kappa shape index (κ3) is 5.62. The summed E-state index contributed by atoms with van der Waals surface area (Å²) in [5, 5.41) is 0. The van der Waals surface area contributed by atoms with Gasteiger partial charge in [-0.1, -0.05) is 92.5 Å². The van der Waals surface area contributed by atoms with Crippen molar-refractivity contribution in [1.29, 1.82) is 0 Å². The molecule has 0 bridgehead atoms. The quantitative estimate of drug-likeness (QED) is 0.367. The first kappa shape index (κ1) is 18.0. The normalized spacial score (nSPS) is 10.7. The van der Waals surface area contributed by atoms with Crippen LogP contribution in [0.2, 0.25) is 0 Å². The van der Waals surface area contributed by atoms with E-state index in [4.69, 9.17) is 9.47 Å². The lowest BCUT2D eigenvalue weighted by Gasteiger charge is -2.13. The molecule has 3 aromatic carbocycles. The minimum atomic E-state index is 0.0411. The van der Waals surface area contributed by atoms with Crippen molar-refractivity contribution in [2.75, 3.05) is 0 Å². The molecular weight excluding hydrogens is 444 g/mol. The van der Waals surface area contributed by atoms with E-state index in [0.29, 0.717) is 13.2 Å². The van der Waals surface area contributed by atoms with E-state index in [-0.39, 0.29) is 3.74 Å². The van der Waals surface area contributed by atoms with Gasteiger partial charge in [0.05, 0.1) is 3.74 Å². The lowest BCUT2D eigenvalue weighted by atomic mass is 10.2. The van der Waals surface area contributed by atoms with Crippen molar-refractivity contribution in [3.8, 4) is 11.5 Å². The summed E-state index contributed by atoms with van der Waals surface area (Å²) in [5.74, 6) is 1.57. The number of ether oxygens (including phenoxy) is 2. The molecular formula is C21H18Br2O2. The van der Waals surface area contributed by atoms with Gasteiger partial charge in [-0.05, 0) is 28.8 Å². The molecule has 0 N–H and O–H groups in total. The van der Waals surface area contributed by atoms with Gasteiger partial charge in [0.15, 0.2) is 0 Å². The maximum atomic E-state index is 5.95. The fourth-order valence-electron chi connectivity index (χ4n) is 2.37. The zero-order valence-corrected chi connectivity index (χ0v) is 16.7. The van der Waals surface area contributed by atoms with E-state index in [0.717, 1.165) is 28.2 Å². The molecule has 0 aromatic heterocycles. The first-order chi connectivity index (χ1) is 12.2. The molecule has 0 heterocycles. The lowest BCUT2D eigenvalue weighted by Crippen LogP contribution is -1.99. The highest BCUT2D eigenvalue weighted by molar-refractivity contribution is 9.24. The van der Waals surface area contributed by atoms with Gasteiger partial charge in [0.1, 0.15) is 24.7 Å². The largest absolute Gasteiger partial charge is 0.489 e. The second-order valence-electron chi connectivity index (χ2n) is 5.59. The van der Waals surface area contributed by atoms with Crippen LogP contribution in [0.5, 0.6) is 11.5 Å². The number of halogens is 2. The van der Waals surface area contributed by atoms with Crippen LogP contribution in [-0.4, -0.2) is 0 Å². The van der Waals surface area contributed by atoms with Crippen LogP contribution < -0.4 is 9.47 Å². The highest BCUT2D eigenvalue weighted by Crippen LogP contribution is 2.35. The molecule has 0 saturated heterocycles. The molecule has 4 heteroatoms. The van der Waals surface area contributed by atoms with Gasteiger partial charge in [-0.25, -0.2) is 0 Å². The van der Waals surface area contributed by atoms with E-state index in [1.807, 2.05) is 54.6 Å². The number of rotatable bonds is 7. The van der Waals surface area contributed by atoms with Crippen molar-refractivity contribution in [2.45, 2.75) is 17.0 Å². The Bertz CT molecular complexity index is 728. The summed E-state index contributed by atoms with van der Waals surface area (Å²) in [4.78, 5) is 0. The Morgan fingerprint density at radius 3 is 1.48 bits per heavy atom. The molecule has 3 aromatic rings. The summed E-state index contributed by atoms with van der Waals surface area (Å²) in [6, 6.07) is 26.2. The van der Waals surface area contributed by atoms with E-state index in [1.54, 1.807) is 0 Å². The Balaban J connectivity index is 1.72. The second-order valence-corrected chi connectivity index (χ2v) is 8.65. The van der Waals surface area contributed by atoms with E-state index >= 15 is 0 Å². The van der Waals surface area contributed by atoms with Crippen LogP contribution in [0.25, 0.3) is 0 Å². The zero-order chi connectivity index (χ0) is 17.5.